The Balaban J connectivity index is 2.68. The molecule has 1 saturated heterocycles. The fraction of sp³-hybridized carbons (Fsp3) is 0.778. The van der Waals surface area contributed by atoms with Crippen LogP contribution in [0.3, 0.4) is 0 Å². The number of Topliss-reactive ketones (excluding diaryl/α,β-unsaturated/α-hetero) is 1. The van der Waals surface area contributed by atoms with Gasteiger partial charge in [-0.15, -0.1) is 0 Å². The predicted molar refractivity (Wildman–Crippen MR) is 98.8 cm³/mol. The van der Waals surface area contributed by atoms with Gasteiger partial charge in [-0.3, -0.25) is 29.7 Å². The van der Waals surface area contributed by atoms with Crippen LogP contribution in [-0.4, -0.2) is 66.3 Å². The second-order valence-electron chi connectivity index (χ2n) is 7.39. The van der Waals surface area contributed by atoms with Gasteiger partial charge in [0.15, 0.2) is 0 Å². The van der Waals surface area contributed by atoms with Crippen LogP contribution < -0.4 is 16.1 Å². The molecule has 1 aliphatic heterocycles. The summed E-state index contributed by atoms with van der Waals surface area (Å²) in [7, 11) is 1.52. The molecule has 0 spiro atoms. The zero-order chi connectivity index (χ0) is 20.4. The minimum Gasteiger partial charge on any atom is -0.358 e. The molecule has 1 unspecified atom stereocenters. The summed E-state index contributed by atoms with van der Waals surface area (Å²) in [5.41, 5.74) is 1.56. The average Bonchev–Trinajstić information content (AvgIpc) is 2.80. The number of ketones is 1. The fourth-order valence-corrected chi connectivity index (χ4v) is 3.24. The van der Waals surface area contributed by atoms with Gasteiger partial charge in [-0.05, 0) is 31.6 Å². The summed E-state index contributed by atoms with van der Waals surface area (Å²) in [5.74, 6) is -1.48. The zero-order valence-electron chi connectivity index (χ0n) is 16.4. The Kier molecular flexibility index (Phi) is 9.95. The maximum Gasteiger partial charge on any atom is 0.244 e. The van der Waals surface area contributed by atoms with Crippen molar-refractivity contribution in [2.24, 2.45) is 11.8 Å². The van der Waals surface area contributed by atoms with Crippen LogP contribution in [0.1, 0.15) is 46.0 Å². The van der Waals surface area contributed by atoms with Gasteiger partial charge in [-0.25, -0.2) is 5.48 Å². The molecule has 0 aliphatic carbocycles. The van der Waals surface area contributed by atoms with Crippen molar-refractivity contribution in [1.29, 1.82) is 0 Å². The summed E-state index contributed by atoms with van der Waals surface area (Å²) in [4.78, 5) is 49.8. The molecule has 3 amide bonds. The highest BCUT2D eigenvalue weighted by atomic mass is 16.5. The van der Waals surface area contributed by atoms with E-state index in [-0.39, 0.29) is 43.0 Å². The van der Waals surface area contributed by atoms with E-state index >= 15 is 0 Å². The van der Waals surface area contributed by atoms with Crippen LogP contribution in [0.5, 0.6) is 0 Å². The molecule has 1 heterocycles. The molecule has 0 aromatic rings. The molecule has 0 saturated carbocycles. The molecule has 0 bridgehead atoms. The first kappa shape index (κ1) is 23.0. The number of carbonyl (C=O) groups is 4. The van der Waals surface area contributed by atoms with Gasteiger partial charge in [-0.2, -0.15) is 0 Å². The number of nitrogens with zero attached hydrogens (tertiary/aromatic N) is 1. The molecule has 1 aliphatic rings. The van der Waals surface area contributed by atoms with E-state index in [1.807, 2.05) is 13.8 Å². The van der Waals surface area contributed by atoms with Crippen molar-refractivity contribution in [3.8, 4) is 0 Å². The fourth-order valence-electron chi connectivity index (χ4n) is 3.24. The van der Waals surface area contributed by atoms with Gasteiger partial charge < -0.3 is 10.2 Å². The highest BCUT2D eigenvalue weighted by molar-refractivity contribution is 5.90. The van der Waals surface area contributed by atoms with Crippen molar-refractivity contribution >= 4 is 23.5 Å². The minimum atomic E-state index is -0.601. The van der Waals surface area contributed by atoms with E-state index in [1.54, 1.807) is 5.48 Å². The molecule has 2 atom stereocenters. The van der Waals surface area contributed by atoms with Crippen LogP contribution in [0.15, 0.2) is 0 Å². The molecule has 0 aromatic heterocycles. The van der Waals surface area contributed by atoms with Crippen molar-refractivity contribution in [3.63, 3.8) is 0 Å². The Morgan fingerprint density at radius 2 is 1.93 bits per heavy atom. The lowest BCUT2D eigenvalue weighted by atomic mass is 9.90. The highest BCUT2D eigenvalue weighted by Crippen LogP contribution is 2.17. The molecule has 0 radical (unpaired) electrons. The summed E-state index contributed by atoms with van der Waals surface area (Å²) >= 11 is 0. The van der Waals surface area contributed by atoms with Crippen LogP contribution in [0.2, 0.25) is 0 Å². The number of likely N-dealkylation sites (N-methyl/N-ethyl adjacent to an activating group) is 1. The average molecular weight is 384 g/mol. The van der Waals surface area contributed by atoms with E-state index in [0.717, 1.165) is 12.8 Å². The van der Waals surface area contributed by atoms with Crippen LogP contribution in [0.4, 0.5) is 0 Å². The Morgan fingerprint density at radius 1 is 1.22 bits per heavy atom. The molecule has 1 fully saturated rings. The second-order valence-corrected chi connectivity index (χ2v) is 7.39. The van der Waals surface area contributed by atoms with Crippen molar-refractivity contribution < 1.29 is 24.4 Å². The summed E-state index contributed by atoms with van der Waals surface area (Å²) in [6.07, 6.45) is 2.67. The zero-order valence-corrected chi connectivity index (χ0v) is 16.4. The monoisotopic (exact) mass is 384 g/mol. The molecule has 4 N–H and O–H groups in total. The quantitative estimate of drug-likeness (QED) is 0.306. The number of carbonyl (C=O) groups excluding carboxylic acids is 4. The lowest BCUT2D eigenvalue weighted by Crippen LogP contribution is -2.49. The van der Waals surface area contributed by atoms with Gasteiger partial charge in [0.25, 0.3) is 0 Å². The Labute approximate surface area is 160 Å². The lowest BCUT2D eigenvalue weighted by Gasteiger charge is -2.25. The normalized spacial score (nSPS) is 18.8. The van der Waals surface area contributed by atoms with Crippen LogP contribution in [0.25, 0.3) is 0 Å². The second kappa shape index (κ2) is 11.7. The van der Waals surface area contributed by atoms with E-state index in [0.29, 0.717) is 19.4 Å². The van der Waals surface area contributed by atoms with Gasteiger partial charge in [0.05, 0.1) is 19.1 Å². The third-order valence-corrected chi connectivity index (χ3v) is 4.68. The largest absolute Gasteiger partial charge is 0.358 e. The van der Waals surface area contributed by atoms with Crippen molar-refractivity contribution in [1.82, 2.24) is 21.0 Å². The molecule has 9 heteroatoms. The lowest BCUT2D eigenvalue weighted by molar-refractivity contribution is -0.137. The Morgan fingerprint density at radius 3 is 2.52 bits per heavy atom. The van der Waals surface area contributed by atoms with E-state index < -0.39 is 17.9 Å². The van der Waals surface area contributed by atoms with Crippen LogP contribution >= 0.6 is 0 Å². The number of hydrogen-bond acceptors (Lipinski definition) is 6. The van der Waals surface area contributed by atoms with Gasteiger partial charge in [0.2, 0.25) is 17.7 Å². The maximum atomic E-state index is 12.7. The summed E-state index contributed by atoms with van der Waals surface area (Å²) in [6, 6.07) is -0.521. The van der Waals surface area contributed by atoms with Crippen molar-refractivity contribution in [2.45, 2.75) is 52.0 Å². The van der Waals surface area contributed by atoms with Gasteiger partial charge >= 0.3 is 0 Å². The predicted octanol–water partition coefficient (Wildman–Crippen LogP) is -0.170. The summed E-state index contributed by atoms with van der Waals surface area (Å²) < 4.78 is 0. The number of nitrogens with one attached hydrogen (secondary N) is 3. The standard InChI is InChI=1S/C18H32N4O5/c1-12(2)8-13(9-16(24)21-27)15(23)10-20-14-6-4-5-7-22(18(14)26)11-17(25)19-3/h12-14,20,27H,4-11H2,1-3H3,(H,19,25)(H,21,24)/t13-,14?/m1/s1. The molecule has 9 nitrogen and oxygen atoms in total. The smallest absolute Gasteiger partial charge is 0.244 e. The third kappa shape index (κ3) is 8.04. The molecule has 27 heavy (non-hydrogen) atoms. The number of likely N-dealkylation sites (tertiary alicyclic amines) is 1. The molecular weight excluding hydrogens is 352 g/mol. The SMILES string of the molecule is CNC(=O)CN1CCCCC(NCC(=O)[C@@H](CC(=O)NO)CC(C)C)C1=O. The maximum absolute atomic E-state index is 12.7. The van der Waals surface area contributed by atoms with Crippen LogP contribution in [0, 0.1) is 11.8 Å². The number of amides is 3. The van der Waals surface area contributed by atoms with E-state index in [1.165, 1.54) is 11.9 Å². The van der Waals surface area contributed by atoms with E-state index in [9.17, 15) is 19.2 Å². The highest BCUT2D eigenvalue weighted by Gasteiger charge is 2.29. The minimum absolute atomic E-state index is 0.00804. The first-order valence-electron chi connectivity index (χ1n) is 9.46. The van der Waals surface area contributed by atoms with Crippen molar-refractivity contribution in [3.05, 3.63) is 0 Å². The van der Waals surface area contributed by atoms with Crippen molar-refractivity contribution in [2.75, 3.05) is 26.7 Å². The van der Waals surface area contributed by atoms with Gasteiger partial charge in [-0.1, -0.05) is 13.8 Å². The Bertz CT molecular complexity index is 538. The molecule has 154 valence electrons. The molecule has 1 rings (SSSR count). The Hall–Kier alpha value is -2.00. The van der Waals surface area contributed by atoms with Gasteiger partial charge in [0.1, 0.15) is 5.78 Å². The number of hydrogen-bond donors (Lipinski definition) is 4. The molecule has 0 aromatic carbocycles. The van der Waals surface area contributed by atoms with E-state index in [4.69, 9.17) is 5.21 Å². The molecular formula is C18H32N4O5. The topological polar surface area (TPSA) is 128 Å². The summed E-state index contributed by atoms with van der Waals surface area (Å²) in [5, 5.41) is 14.2. The van der Waals surface area contributed by atoms with E-state index in [2.05, 4.69) is 10.6 Å². The summed E-state index contributed by atoms with van der Waals surface area (Å²) in [6.45, 7) is 4.41. The number of rotatable bonds is 10. The van der Waals surface area contributed by atoms with Crippen LogP contribution in [-0.2, 0) is 19.2 Å². The first-order valence-corrected chi connectivity index (χ1v) is 9.46. The third-order valence-electron chi connectivity index (χ3n) is 4.68. The number of hydroxylamine groups is 1. The van der Waals surface area contributed by atoms with Gasteiger partial charge in [0, 0.05) is 25.9 Å². The first-order chi connectivity index (χ1) is 12.8.